The molecule has 1 aliphatic rings. The molecule has 0 unspecified atom stereocenters. The highest BCUT2D eigenvalue weighted by atomic mass is 35.5. The Labute approximate surface area is 169 Å². The molecular weight excluding hydrogens is 362 g/mol. The average molecular weight is 396 g/mol. The third kappa shape index (κ3) is 6.51. The van der Waals surface area contributed by atoms with Gasteiger partial charge in [0.25, 0.3) is 0 Å². The summed E-state index contributed by atoms with van der Waals surface area (Å²) >= 11 is 0. The number of hydrogen-bond donors (Lipinski definition) is 2. The van der Waals surface area contributed by atoms with Crippen molar-refractivity contribution in [3.05, 3.63) is 35.9 Å². The zero-order chi connectivity index (χ0) is 19.0. The molecule has 1 fully saturated rings. The van der Waals surface area contributed by atoms with Crippen LogP contribution in [0.15, 0.2) is 30.3 Å². The Morgan fingerprint density at radius 1 is 1.15 bits per heavy atom. The minimum atomic E-state index is -0.292. The number of nitrogens with two attached hydrogens (primary N) is 1. The van der Waals surface area contributed by atoms with E-state index in [0.29, 0.717) is 26.1 Å². The Balaban J connectivity index is 0.00000364. The number of nitrogens with one attached hydrogen (secondary N) is 1. The Morgan fingerprint density at radius 2 is 1.74 bits per heavy atom. The van der Waals surface area contributed by atoms with E-state index in [9.17, 15) is 9.59 Å². The molecule has 1 heterocycles. The zero-order valence-corrected chi connectivity index (χ0v) is 17.4. The second-order valence-corrected chi connectivity index (χ2v) is 7.32. The van der Waals surface area contributed by atoms with Gasteiger partial charge < -0.3 is 16.0 Å². The molecule has 3 N–H and O–H groups in total. The molecular formula is C21H34ClN3O2. The molecule has 2 amide bonds. The number of hydrogen-bond acceptors (Lipinski definition) is 3. The van der Waals surface area contributed by atoms with Crippen LogP contribution in [0.2, 0.25) is 0 Å². The van der Waals surface area contributed by atoms with E-state index in [0.717, 1.165) is 32.1 Å². The first kappa shape index (κ1) is 23.4. The summed E-state index contributed by atoms with van der Waals surface area (Å²) in [5.41, 5.74) is 6.78. The van der Waals surface area contributed by atoms with E-state index in [1.165, 1.54) is 5.56 Å². The fourth-order valence-corrected chi connectivity index (χ4v) is 3.58. The maximum Gasteiger partial charge on any atom is 0.223 e. The lowest BCUT2D eigenvalue weighted by Crippen LogP contribution is -2.55. The van der Waals surface area contributed by atoms with Gasteiger partial charge in [-0.15, -0.1) is 12.4 Å². The number of benzene rings is 1. The normalized spacial score (nSPS) is 15.1. The van der Waals surface area contributed by atoms with Gasteiger partial charge in [-0.05, 0) is 37.7 Å². The Morgan fingerprint density at radius 3 is 2.26 bits per heavy atom. The quantitative estimate of drug-likeness (QED) is 0.710. The van der Waals surface area contributed by atoms with Gasteiger partial charge in [0.15, 0.2) is 0 Å². The number of rotatable bonds is 8. The van der Waals surface area contributed by atoms with Gasteiger partial charge in [-0.2, -0.15) is 0 Å². The minimum Gasteiger partial charge on any atom is -0.349 e. The van der Waals surface area contributed by atoms with Gasteiger partial charge in [-0.1, -0.05) is 44.2 Å². The molecule has 0 bridgehead atoms. The number of carbonyl (C=O) groups is 2. The van der Waals surface area contributed by atoms with Crippen molar-refractivity contribution in [1.29, 1.82) is 0 Å². The first-order chi connectivity index (χ1) is 12.5. The molecule has 0 atom stereocenters. The summed E-state index contributed by atoms with van der Waals surface area (Å²) in [5, 5.41) is 3.17. The molecule has 0 spiro atoms. The molecule has 2 rings (SSSR count). The van der Waals surface area contributed by atoms with Gasteiger partial charge in [-0.25, -0.2) is 0 Å². The second kappa shape index (κ2) is 11.3. The first-order valence-electron chi connectivity index (χ1n) is 9.87. The summed E-state index contributed by atoms with van der Waals surface area (Å²) in [7, 11) is 0. The van der Waals surface area contributed by atoms with Crippen LogP contribution in [0, 0.1) is 5.92 Å². The smallest absolute Gasteiger partial charge is 0.223 e. The van der Waals surface area contributed by atoms with Crippen LogP contribution in [-0.2, 0) is 16.0 Å². The highest BCUT2D eigenvalue weighted by Crippen LogP contribution is 2.21. The number of amides is 2. The summed E-state index contributed by atoms with van der Waals surface area (Å²) in [6, 6.07) is 10.1. The van der Waals surface area contributed by atoms with E-state index in [-0.39, 0.29) is 35.7 Å². The monoisotopic (exact) mass is 395 g/mol. The number of likely N-dealkylation sites (tertiary alicyclic amines) is 1. The van der Waals surface area contributed by atoms with Crippen molar-refractivity contribution in [2.24, 2.45) is 11.7 Å². The number of nitrogens with zero attached hydrogens (tertiary/aromatic N) is 1. The molecule has 1 aromatic carbocycles. The van der Waals surface area contributed by atoms with Crippen molar-refractivity contribution >= 4 is 24.2 Å². The maximum absolute atomic E-state index is 12.6. The average Bonchev–Trinajstić information content (AvgIpc) is 2.71. The third-order valence-corrected chi connectivity index (χ3v) is 5.82. The summed E-state index contributed by atoms with van der Waals surface area (Å²) in [4.78, 5) is 26.9. The van der Waals surface area contributed by atoms with Gasteiger partial charge in [0.05, 0.1) is 5.54 Å². The summed E-state index contributed by atoms with van der Waals surface area (Å²) < 4.78 is 0. The molecule has 0 aromatic heterocycles. The highest BCUT2D eigenvalue weighted by Gasteiger charge is 2.32. The second-order valence-electron chi connectivity index (χ2n) is 7.32. The fraction of sp³-hybridized carbons (Fsp3) is 0.619. The topological polar surface area (TPSA) is 75.4 Å². The van der Waals surface area contributed by atoms with Gasteiger partial charge in [0, 0.05) is 32.0 Å². The fourth-order valence-electron chi connectivity index (χ4n) is 3.58. The molecule has 0 saturated carbocycles. The van der Waals surface area contributed by atoms with E-state index in [4.69, 9.17) is 5.73 Å². The lowest BCUT2D eigenvalue weighted by atomic mass is 9.89. The maximum atomic E-state index is 12.6. The van der Waals surface area contributed by atoms with Crippen LogP contribution in [0.5, 0.6) is 0 Å². The summed E-state index contributed by atoms with van der Waals surface area (Å²) in [6.45, 7) is 5.91. The van der Waals surface area contributed by atoms with Crippen molar-refractivity contribution in [2.45, 2.75) is 57.9 Å². The number of piperidine rings is 1. The summed E-state index contributed by atoms with van der Waals surface area (Å²) in [6.07, 6.45) is 4.44. The largest absolute Gasteiger partial charge is 0.349 e. The standard InChI is InChI=1S/C21H33N3O2.ClH/c1-3-21(4-2,16-22)23-20(26)18-12-14-24(15-13-18)19(25)11-10-17-8-6-5-7-9-17;/h5-9,18H,3-4,10-16,22H2,1-2H3,(H,23,26);1H. The molecule has 1 aromatic rings. The molecule has 6 heteroatoms. The van der Waals surface area contributed by atoms with Crippen molar-refractivity contribution in [3.8, 4) is 0 Å². The molecule has 5 nitrogen and oxygen atoms in total. The molecule has 0 aliphatic carbocycles. The van der Waals surface area contributed by atoms with Crippen LogP contribution >= 0.6 is 12.4 Å². The highest BCUT2D eigenvalue weighted by molar-refractivity contribution is 5.85. The third-order valence-electron chi connectivity index (χ3n) is 5.82. The Hall–Kier alpha value is -1.59. The van der Waals surface area contributed by atoms with Crippen LogP contribution in [0.3, 0.4) is 0 Å². The van der Waals surface area contributed by atoms with Crippen molar-refractivity contribution in [3.63, 3.8) is 0 Å². The van der Waals surface area contributed by atoms with Crippen LogP contribution in [0.25, 0.3) is 0 Å². The van der Waals surface area contributed by atoms with Crippen LogP contribution in [-0.4, -0.2) is 41.9 Å². The van der Waals surface area contributed by atoms with Crippen molar-refractivity contribution in [1.82, 2.24) is 10.2 Å². The van der Waals surface area contributed by atoms with E-state index in [1.807, 2.05) is 23.1 Å². The first-order valence-corrected chi connectivity index (χ1v) is 9.87. The molecule has 1 saturated heterocycles. The van der Waals surface area contributed by atoms with Gasteiger partial charge in [0.2, 0.25) is 11.8 Å². The van der Waals surface area contributed by atoms with E-state index in [2.05, 4.69) is 31.3 Å². The SMILES string of the molecule is CCC(CC)(CN)NC(=O)C1CCN(C(=O)CCc2ccccc2)CC1.Cl. The Kier molecular flexibility index (Phi) is 9.81. The Bertz CT molecular complexity index is 574. The van der Waals surface area contributed by atoms with Crippen LogP contribution < -0.4 is 11.1 Å². The van der Waals surface area contributed by atoms with Crippen LogP contribution in [0.1, 0.15) is 51.5 Å². The van der Waals surface area contributed by atoms with Crippen molar-refractivity contribution in [2.75, 3.05) is 19.6 Å². The molecule has 152 valence electrons. The van der Waals surface area contributed by atoms with Crippen LogP contribution in [0.4, 0.5) is 0 Å². The lowest BCUT2D eigenvalue weighted by molar-refractivity contribution is -0.136. The van der Waals surface area contributed by atoms with E-state index < -0.39 is 0 Å². The lowest BCUT2D eigenvalue weighted by Gasteiger charge is -2.36. The van der Waals surface area contributed by atoms with Gasteiger partial charge in [-0.3, -0.25) is 9.59 Å². The number of halogens is 1. The number of aryl methyl sites for hydroxylation is 1. The zero-order valence-electron chi connectivity index (χ0n) is 16.6. The van der Waals surface area contributed by atoms with E-state index in [1.54, 1.807) is 0 Å². The van der Waals surface area contributed by atoms with E-state index >= 15 is 0 Å². The van der Waals surface area contributed by atoms with Gasteiger partial charge in [0.1, 0.15) is 0 Å². The summed E-state index contributed by atoms with van der Waals surface area (Å²) in [5.74, 6) is 0.263. The predicted molar refractivity (Wildman–Crippen MR) is 112 cm³/mol. The molecule has 27 heavy (non-hydrogen) atoms. The van der Waals surface area contributed by atoms with Gasteiger partial charge >= 0.3 is 0 Å². The molecule has 1 aliphatic heterocycles. The minimum absolute atomic E-state index is 0. The predicted octanol–water partition coefficient (Wildman–Crippen LogP) is 2.91. The number of carbonyl (C=O) groups excluding carboxylic acids is 2. The van der Waals surface area contributed by atoms with Crippen molar-refractivity contribution < 1.29 is 9.59 Å². The molecule has 0 radical (unpaired) electrons.